The number of amides is 1. The average molecular weight is 485 g/mol. The third-order valence-electron chi connectivity index (χ3n) is 7.49. The van der Waals surface area contributed by atoms with Crippen molar-refractivity contribution in [2.75, 3.05) is 26.2 Å². The molecule has 0 bridgehead atoms. The number of nitrogens with zero attached hydrogens (tertiary/aromatic N) is 2. The minimum Gasteiger partial charge on any atom is -0.464 e. The van der Waals surface area contributed by atoms with E-state index in [2.05, 4.69) is 53.4 Å². The van der Waals surface area contributed by atoms with Crippen molar-refractivity contribution < 1.29 is 14.3 Å². The molecule has 2 aliphatic heterocycles. The molecule has 0 N–H and O–H groups in total. The van der Waals surface area contributed by atoms with E-state index in [-0.39, 0.29) is 12.2 Å². The smallest absolute Gasteiger partial charge is 0.253 e. The van der Waals surface area contributed by atoms with Gasteiger partial charge in [0, 0.05) is 36.7 Å². The van der Waals surface area contributed by atoms with Crippen LogP contribution in [0.4, 0.5) is 0 Å². The molecule has 0 saturated carbocycles. The summed E-state index contributed by atoms with van der Waals surface area (Å²) in [6, 6.07) is 24.9. The minimum atomic E-state index is -0.174. The van der Waals surface area contributed by atoms with Gasteiger partial charge in [0.25, 0.3) is 5.91 Å². The number of fused-ring (bicyclic) bond motifs is 1. The van der Waals surface area contributed by atoms with Crippen molar-refractivity contribution in [3.05, 3.63) is 89.5 Å². The van der Waals surface area contributed by atoms with Gasteiger partial charge in [-0.05, 0) is 80.7 Å². The van der Waals surface area contributed by atoms with Crippen molar-refractivity contribution in [2.45, 2.75) is 46.1 Å². The lowest BCUT2D eigenvalue weighted by Gasteiger charge is -2.37. The van der Waals surface area contributed by atoms with Crippen molar-refractivity contribution in [3.8, 4) is 16.9 Å². The number of carbonyl (C=O) groups excluding carboxylic acids is 1. The van der Waals surface area contributed by atoms with Gasteiger partial charge in [0.1, 0.15) is 5.75 Å². The maximum atomic E-state index is 12.6. The summed E-state index contributed by atoms with van der Waals surface area (Å²) in [5.74, 6) is 1.42. The van der Waals surface area contributed by atoms with Crippen LogP contribution in [0.1, 0.15) is 48.2 Å². The molecule has 1 fully saturated rings. The Morgan fingerprint density at radius 1 is 0.917 bits per heavy atom. The van der Waals surface area contributed by atoms with E-state index in [1.165, 1.54) is 5.56 Å². The van der Waals surface area contributed by atoms with E-state index in [1.54, 1.807) is 0 Å². The van der Waals surface area contributed by atoms with Crippen LogP contribution < -0.4 is 4.74 Å². The van der Waals surface area contributed by atoms with Gasteiger partial charge in [-0.15, -0.1) is 0 Å². The summed E-state index contributed by atoms with van der Waals surface area (Å²) in [4.78, 5) is 17.0. The Bertz CT molecular complexity index is 1150. The number of hydrogen-bond donors (Lipinski definition) is 0. The lowest BCUT2D eigenvalue weighted by Crippen LogP contribution is -2.41. The maximum absolute atomic E-state index is 12.6. The Morgan fingerprint density at radius 2 is 1.61 bits per heavy atom. The Hall–Kier alpha value is -3.15. The molecule has 1 amide bonds. The van der Waals surface area contributed by atoms with Gasteiger partial charge in [0.05, 0.1) is 6.61 Å². The van der Waals surface area contributed by atoms with Crippen LogP contribution >= 0.6 is 0 Å². The molecule has 3 aromatic carbocycles. The molecule has 1 unspecified atom stereocenters. The second-order valence-corrected chi connectivity index (χ2v) is 9.77. The van der Waals surface area contributed by atoms with Crippen LogP contribution in [0.3, 0.4) is 0 Å². The highest BCUT2D eigenvalue weighted by Gasteiger charge is 2.32. The number of hydrogen-bond acceptors (Lipinski definition) is 4. The highest BCUT2D eigenvalue weighted by atomic mass is 16.7. The first-order chi connectivity index (χ1) is 17.6. The van der Waals surface area contributed by atoms with Crippen molar-refractivity contribution in [3.63, 3.8) is 0 Å². The number of carbonyl (C=O) groups is 1. The predicted molar refractivity (Wildman–Crippen MR) is 143 cm³/mol. The molecular formula is C31H36N2O3. The van der Waals surface area contributed by atoms with Crippen LogP contribution in [0.5, 0.6) is 5.75 Å². The minimum absolute atomic E-state index is 0.0794. The fraction of sp³-hybridized carbons (Fsp3) is 0.387. The van der Waals surface area contributed by atoms with E-state index >= 15 is 0 Å². The van der Waals surface area contributed by atoms with Gasteiger partial charge >= 0.3 is 0 Å². The van der Waals surface area contributed by atoms with Gasteiger partial charge < -0.3 is 14.4 Å². The van der Waals surface area contributed by atoms with Gasteiger partial charge in [0.15, 0.2) is 0 Å². The molecule has 1 saturated heterocycles. The molecule has 2 aliphatic rings. The van der Waals surface area contributed by atoms with Gasteiger partial charge in [-0.1, -0.05) is 48.5 Å². The molecule has 36 heavy (non-hydrogen) atoms. The topological polar surface area (TPSA) is 42.0 Å². The van der Waals surface area contributed by atoms with Crippen LogP contribution in [0.15, 0.2) is 72.8 Å². The molecule has 0 radical (unpaired) electrons. The van der Waals surface area contributed by atoms with E-state index in [0.717, 1.165) is 73.6 Å². The lowest BCUT2D eigenvalue weighted by atomic mass is 9.95. The summed E-state index contributed by atoms with van der Waals surface area (Å²) in [7, 11) is 0. The highest BCUT2D eigenvalue weighted by Crippen LogP contribution is 2.35. The molecular weight excluding hydrogens is 448 g/mol. The van der Waals surface area contributed by atoms with E-state index in [1.807, 2.05) is 43.0 Å². The van der Waals surface area contributed by atoms with Crippen LogP contribution in [-0.4, -0.2) is 48.2 Å². The number of ether oxygens (including phenoxy) is 2. The fourth-order valence-electron chi connectivity index (χ4n) is 5.27. The summed E-state index contributed by atoms with van der Waals surface area (Å²) in [6.07, 6.45) is 2.00. The maximum Gasteiger partial charge on any atom is 0.253 e. The number of benzene rings is 3. The molecule has 5 heteroatoms. The van der Waals surface area contributed by atoms with Gasteiger partial charge in [-0.2, -0.15) is 0 Å². The average Bonchev–Trinajstić information content (AvgIpc) is 2.94. The summed E-state index contributed by atoms with van der Waals surface area (Å²) in [5.41, 5.74) is 5.37. The number of piperidine rings is 1. The molecule has 0 spiro atoms. The summed E-state index contributed by atoms with van der Waals surface area (Å²) < 4.78 is 12.5. The molecule has 0 aliphatic carbocycles. The quantitative estimate of drug-likeness (QED) is 0.414. The summed E-state index contributed by atoms with van der Waals surface area (Å²) in [5, 5.41) is 0. The lowest BCUT2D eigenvalue weighted by molar-refractivity contribution is -0.149. The van der Waals surface area contributed by atoms with Crippen molar-refractivity contribution in [2.24, 2.45) is 5.92 Å². The second kappa shape index (κ2) is 11.3. The third-order valence-corrected chi connectivity index (χ3v) is 7.49. The summed E-state index contributed by atoms with van der Waals surface area (Å²) >= 11 is 0. The van der Waals surface area contributed by atoms with Gasteiger partial charge in [-0.3, -0.25) is 9.69 Å². The fourth-order valence-corrected chi connectivity index (χ4v) is 5.27. The first kappa shape index (κ1) is 24.5. The zero-order valence-electron chi connectivity index (χ0n) is 21.4. The Balaban J connectivity index is 1.18. The first-order valence-electron chi connectivity index (χ1n) is 13.2. The Morgan fingerprint density at radius 3 is 2.31 bits per heavy atom. The van der Waals surface area contributed by atoms with Crippen molar-refractivity contribution >= 4 is 5.91 Å². The predicted octanol–water partition coefficient (Wildman–Crippen LogP) is 5.98. The van der Waals surface area contributed by atoms with Crippen LogP contribution in [-0.2, 0) is 17.9 Å². The SMILES string of the molecule is CCN(CC)C(=O)c1ccc(-c2ccc3c(c2)COC(C2CCN(Cc4ccccc4)CC2)O3)cc1. The number of likely N-dealkylation sites (tertiary alicyclic amines) is 1. The van der Waals surface area contributed by atoms with Crippen LogP contribution in [0, 0.1) is 5.92 Å². The number of rotatable bonds is 7. The molecule has 188 valence electrons. The normalized spacial score (nSPS) is 18.3. The Labute approximate surface area is 214 Å². The van der Waals surface area contributed by atoms with Crippen LogP contribution in [0.25, 0.3) is 11.1 Å². The Kier molecular flexibility index (Phi) is 7.69. The van der Waals surface area contributed by atoms with E-state index in [4.69, 9.17) is 9.47 Å². The zero-order chi connectivity index (χ0) is 24.9. The van der Waals surface area contributed by atoms with E-state index in [9.17, 15) is 4.79 Å². The van der Waals surface area contributed by atoms with Crippen LogP contribution in [0.2, 0.25) is 0 Å². The van der Waals surface area contributed by atoms with Crippen molar-refractivity contribution in [1.29, 1.82) is 0 Å². The molecule has 5 rings (SSSR count). The molecule has 3 aromatic rings. The first-order valence-corrected chi connectivity index (χ1v) is 13.2. The monoisotopic (exact) mass is 484 g/mol. The van der Waals surface area contributed by atoms with Crippen molar-refractivity contribution in [1.82, 2.24) is 9.80 Å². The molecule has 0 aromatic heterocycles. The third kappa shape index (κ3) is 5.48. The standard InChI is InChI=1S/C31H36N2O3/c1-3-33(4-2)30(34)25-12-10-24(11-13-25)27-14-15-29-28(20-27)22-35-31(36-29)26-16-18-32(19-17-26)21-23-8-6-5-7-9-23/h5-15,20,26,31H,3-4,16-19,21-22H2,1-2H3. The molecule has 5 nitrogen and oxygen atoms in total. The highest BCUT2D eigenvalue weighted by molar-refractivity contribution is 5.94. The summed E-state index contributed by atoms with van der Waals surface area (Å²) in [6.45, 7) is 9.17. The van der Waals surface area contributed by atoms with E-state index < -0.39 is 0 Å². The molecule has 2 heterocycles. The van der Waals surface area contributed by atoms with Gasteiger partial charge in [-0.25, -0.2) is 0 Å². The van der Waals surface area contributed by atoms with E-state index in [0.29, 0.717) is 12.5 Å². The van der Waals surface area contributed by atoms with Gasteiger partial charge in [0.2, 0.25) is 6.29 Å². The second-order valence-electron chi connectivity index (χ2n) is 9.77. The largest absolute Gasteiger partial charge is 0.464 e. The zero-order valence-corrected chi connectivity index (χ0v) is 21.4. The molecule has 1 atom stereocenters.